The lowest BCUT2D eigenvalue weighted by Gasteiger charge is -2.06. The topological polar surface area (TPSA) is 67.5 Å². The molecule has 0 amide bonds. The first-order valence-corrected chi connectivity index (χ1v) is 6.35. The van der Waals surface area contributed by atoms with E-state index in [4.69, 9.17) is 23.2 Å². The predicted octanol–water partition coefficient (Wildman–Crippen LogP) is 3.40. The number of hydrogen-bond acceptors (Lipinski definition) is 3. The molecule has 0 saturated carbocycles. The second-order valence-corrected chi connectivity index (χ2v) is 4.88. The zero-order valence-electron chi connectivity index (χ0n) is 9.92. The van der Waals surface area contributed by atoms with Crippen LogP contribution in [0.25, 0.3) is 16.9 Å². The van der Waals surface area contributed by atoms with E-state index in [2.05, 4.69) is 10.1 Å². The van der Waals surface area contributed by atoms with Crippen molar-refractivity contribution in [3.05, 3.63) is 52.3 Å². The molecular weight excluding hydrogens is 301 g/mol. The van der Waals surface area contributed by atoms with Gasteiger partial charge in [-0.3, -0.25) is 0 Å². The van der Waals surface area contributed by atoms with E-state index in [-0.39, 0.29) is 5.69 Å². The third-order valence-corrected chi connectivity index (χ3v) is 3.53. The van der Waals surface area contributed by atoms with Gasteiger partial charge < -0.3 is 5.11 Å². The Morgan fingerprint density at radius 1 is 1.15 bits per heavy atom. The number of benzene rings is 1. The third-order valence-electron chi connectivity index (χ3n) is 2.79. The van der Waals surface area contributed by atoms with E-state index in [1.54, 1.807) is 24.3 Å². The van der Waals surface area contributed by atoms with E-state index in [9.17, 15) is 9.90 Å². The zero-order valence-corrected chi connectivity index (χ0v) is 11.4. The largest absolute Gasteiger partial charge is 0.477 e. The van der Waals surface area contributed by atoms with Crippen molar-refractivity contribution in [3.63, 3.8) is 0 Å². The fourth-order valence-corrected chi connectivity index (χ4v) is 2.17. The van der Waals surface area contributed by atoms with Gasteiger partial charge in [-0.25, -0.2) is 14.3 Å². The number of hydrogen-bond donors (Lipinski definition) is 1. The smallest absolute Gasteiger partial charge is 0.354 e. The maximum atomic E-state index is 11.3. The maximum Gasteiger partial charge on any atom is 0.354 e. The molecule has 0 fully saturated rings. The Balaban J connectivity index is 2.25. The van der Waals surface area contributed by atoms with Gasteiger partial charge in [-0.05, 0) is 18.2 Å². The minimum atomic E-state index is -1.08. The van der Waals surface area contributed by atoms with E-state index in [1.165, 1.54) is 16.8 Å². The van der Waals surface area contributed by atoms with Crippen molar-refractivity contribution in [2.24, 2.45) is 0 Å². The van der Waals surface area contributed by atoms with Crippen molar-refractivity contribution in [1.29, 1.82) is 0 Å². The summed E-state index contributed by atoms with van der Waals surface area (Å²) in [6.45, 7) is 0. The summed E-state index contributed by atoms with van der Waals surface area (Å²) in [6.07, 6.45) is 1.49. The summed E-state index contributed by atoms with van der Waals surface area (Å²) in [5, 5.41) is 14.0. The van der Waals surface area contributed by atoms with Crippen molar-refractivity contribution in [1.82, 2.24) is 14.6 Å². The average Bonchev–Trinajstić information content (AvgIpc) is 2.88. The standard InChI is InChI=1S/C13H7Cl2N3O2/c14-8-2-1-7(5-9(8)15)10-6-11(13(19)20)18-12(17-10)3-4-16-18/h1-6H,(H,19,20). The van der Waals surface area contributed by atoms with Gasteiger partial charge in [0.25, 0.3) is 0 Å². The number of halogens is 2. The van der Waals surface area contributed by atoms with Gasteiger partial charge >= 0.3 is 5.97 Å². The number of nitrogens with zero attached hydrogens (tertiary/aromatic N) is 3. The fraction of sp³-hybridized carbons (Fsp3) is 0. The highest BCUT2D eigenvalue weighted by atomic mass is 35.5. The number of rotatable bonds is 2. The molecule has 0 atom stereocenters. The summed E-state index contributed by atoms with van der Waals surface area (Å²) in [4.78, 5) is 15.6. The second kappa shape index (κ2) is 4.77. The van der Waals surface area contributed by atoms with Crippen LogP contribution in [-0.2, 0) is 0 Å². The van der Waals surface area contributed by atoms with Gasteiger partial charge in [0.1, 0.15) is 0 Å². The van der Waals surface area contributed by atoms with Crippen LogP contribution in [0.5, 0.6) is 0 Å². The van der Waals surface area contributed by atoms with Crippen LogP contribution in [-0.4, -0.2) is 25.7 Å². The van der Waals surface area contributed by atoms with Crippen LogP contribution in [0.15, 0.2) is 36.5 Å². The van der Waals surface area contributed by atoms with Gasteiger partial charge in [0, 0.05) is 11.6 Å². The Labute approximate surface area is 123 Å². The Hall–Kier alpha value is -2.11. The predicted molar refractivity (Wildman–Crippen MR) is 75.4 cm³/mol. The van der Waals surface area contributed by atoms with Gasteiger partial charge in [0.05, 0.1) is 21.9 Å². The van der Waals surface area contributed by atoms with Gasteiger partial charge in [-0.15, -0.1) is 0 Å². The summed E-state index contributed by atoms with van der Waals surface area (Å²) < 4.78 is 1.27. The summed E-state index contributed by atoms with van der Waals surface area (Å²) in [5.74, 6) is -1.08. The van der Waals surface area contributed by atoms with Crippen LogP contribution in [0.4, 0.5) is 0 Å². The normalized spacial score (nSPS) is 10.9. The molecule has 0 saturated heterocycles. The Morgan fingerprint density at radius 3 is 2.65 bits per heavy atom. The SMILES string of the molecule is O=C(O)c1cc(-c2ccc(Cl)c(Cl)c2)nc2ccnn12. The van der Waals surface area contributed by atoms with Gasteiger partial charge in [0.2, 0.25) is 0 Å². The fourth-order valence-electron chi connectivity index (χ4n) is 1.87. The lowest BCUT2D eigenvalue weighted by molar-refractivity contribution is 0.0687. The summed E-state index contributed by atoms with van der Waals surface area (Å²) in [5.41, 5.74) is 1.66. The lowest BCUT2D eigenvalue weighted by Crippen LogP contribution is -2.08. The number of fused-ring (bicyclic) bond motifs is 1. The second-order valence-electron chi connectivity index (χ2n) is 4.06. The van der Waals surface area contributed by atoms with E-state index in [0.717, 1.165) is 0 Å². The van der Waals surface area contributed by atoms with E-state index in [1.807, 2.05) is 0 Å². The molecule has 3 rings (SSSR count). The molecule has 1 N–H and O–H groups in total. The highest BCUT2D eigenvalue weighted by molar-refractivity contribution is 6.42. The Morgan fingerprint density at radius 2 is 1.95 bits per heavy atom. The molecule has 3 aromatic rings. The Bertz CT molecular complexity index is 830. The summed E-state index contributed by atoms with van der Waals surface area (Å²) >= 11 is 11.8. The molecule has 2 aromatic heterocycles. The lowest BCUT2D eigenvalue weighted by atomic mass is 10.1. The van der Waals surface area contributed by atoms with Crippen molar-refractivity contribution in [2.75, 3.05) is 0 Å². The minimum absolute atomic E-state index is 0.0288. The van der Waals surface area contributed by atoms with Gasteiger partial charge in [-0.2, -0.15) is 5.10 Å². The first-order valence-electron chi connectivity index (χ1n) is 5.60. The van der Waals surface area contributed by atoms with Crippen LogP contribution in [0, 0.1) is 0 Å². The summed E-state index contributed by atoms with van der Waals surface area (Å²) in [7, 11) is 0. The molecule has 7 heteroatoms. The third kappa shape index (κ3) is 2.11. The zero-order chi connectivity index (χ0) is 14.3. The number of aromatic nitrogens is 3. The molecule has 0 bridgehead atoms. The van der Waals surface area contributed by atoms with Crippen LogP contribution in [0.1, 0.15) is 10.5 Å². The monoisotopic (exact) mass is 307 g/mol. The molecule has 0 spiro atoms. The molecule has 0 aliphatic carbocycles. The van der Waals surface area contributed by atoms with E-state index >= 15 is 0 Å². The molecule has 100 valence electrons. The maximum absolute atomic E-state index is 11.3. The van der Waals surface area contributed by atoms with Crippen LogP contribution in [0.3, 0.4) is 0 Å². The van der Waals surface area contributed by atoms with Gasteiger partial charge in [-0.1, -0.05) is 29.3 Å². The number of aromatic carboxylic acids is 1. The summed E-state index contributed by atoms with van der Waals surface area (Å²) in [6, 6.07) is 8.09. The van der Waals surface area contributed by atoms with Crippen molar-refractivity contribution in [3.8, 4) is 11.3 Å². The number of carboxylic acids is 1. The molecule has 0 aliphatic heterocycles. The first-order chi connectivity index (χ1) is 9.56. The number of carboxylic acid groups (broad SMARTS) is 1. The first kappa shape index (κ1) is 12.9. The highest BCUT2D eigenvalue weighted by Crippen LogP contribution is 2.28. The van der Waals surface area contributed by atoms with Crippen LogP contribution in [0.2, 0.25) is 10.0 Å². The molecule has 20 heavy (non-hydrogen) atoms. The van der Waals surface area contributed by atoms with Crippen LogP contribution >= 0.6 is 23.2 Å². The Kier molecular flexibility index (Phi) is 3.08. The molecule has 0 aliphatic rings. The van der Waals surface area contributed by atoms with Gasteiger partial charge in [0.15, 0.2) is 11.3 Å². The molecule has 1 aromatic carbocycles. The number of carbonyl (C=O) groups is 1. The molecule has 0 unspecified atom stereocenters. The molecule has 2 heterocycles. The molecule has 0 radical (unpaired) electrons. The van der Waals surface area contributed by atoms with E-state index < -0.39 is 5.97 Å². The molecule has 5 nitrogen and oxygen atoms in total. The van der Waals surface area contributed by atoms with Crippen molar-refractivity contribution in [2.45, 2.75) is 0 Å². The van der Waals surface area contributed by atoms with E-state index in [0.29, 0.717) is 26.9 Å². The highest BCUT2D eigenvalue weighted by Gasteiger charge is 2.14. The van der Waals surface area contributed by atoms with Crippen molar-refractivity contribution < 1.29 is 9.90 Å². The van der Waals surface area contributed by atoms with Crippen molar-refractivity contribution >= 4 is 34.8 Å². The van der Waals surface area contributed by atoms with Crippen LogP contribution < -0.4 is 0 Å². The average molecular weight is 308 g/mol. The molecular formula is C13H7Cl2N3O2. The quantitative estimate of drug-likeness (QED) is 0.788. The minimum Gasteiger partial charge on any atom is -0.477 e.